The van der Waals surface area contributed by atoms with Crippen molar-refractivity contribution < 1.29 is 14.4 Å². The highest BCUT2D eigenvalue weighted by molar-refractivity contribution is 5.98. The molecule has 0 bridgehead atoms. The molecule has 4 aromatic rings. The number of primary amides is 1. The highest BCUT2D eigenvalue weighted by Gasteiger charge is 2.34. The molecule has 7 nitrogen and oxygen atoms in total. The molecule has 7 heteroatoms. The van der Waals surface area contributed by atoms with Gasteiger partial charge in [0, 0.05) is 39.0 Å². The Kier molecular flexibility index (Phi) is 8.74. The summed E-state index contributed by atoms with van der Waals surface area (Å²) in [4.78, 5) is 43.0. The van der Waals surface area contributed by atoms with Crippen molar-refractivity contribution in [2.24, 2.45) is 11.5 Å². The quantitative estimate of drug-likeness (QED) is 0.332. The first-order valence-electron chi connectivity index (χ1n) is 12.9. The Bertz CT molecular complexity index is 1470. The molecule has 200 valence electrons. The number of hydrogen-bond donors (Lipinski definition) is 2. The summed E-state index contributed by atoms with van der Waals surface area (Å²) in [6.45, 7) is 0.298. The molecule has 0 spiro atoms. The summed E-state index contributed by atoms with van der Waals surface area (Å²) in [6, 6.07) is 28.7. The molecule has 0 aliphatic heterocycles. The molecule has 0 aromatic heterocycles. The Balaban J connectivity index is 1.68. The van der Waals surface area contributed by atoms with Crippen LogP contribution in [0.15, 0.2) is 97.1 Å². The molecule has 0 unspecified atom stereocenters. The van der Waals surface area contributed by atoms with Crippen LogP contribution in [0, 0.1) is 0 Å². The van der Waals surface area contributed by atoms with Crippen LogP contribution in [-0.4, -0.2) is 53.7 Å². The van der Waals surface area contributed by atoms with Crippen molar-refractivity contribution in [1.82, 2.24) is 9.80 Å². The van der Waals surface area contributed by atoms with E-state index in [9.17, 15) is 14.4 Å². The molecule has 0 saturated heterocycles. The molecule has 0 aliphatic carbocycles. The Morgan fingerprint density at radius 1 is 0.667 bits per heavy atom. The molecule has 0 heterocycles. The van der Waals surface area contributed by atoms with Gasteiger partial charge in [-0.2, -0.15) is 0 Å². The van der Waals surface area contributed by atoms with Gasteiger partial charge in [-0.1, -0.05) is 84.9 Å². The van der Waals surface area contributed by atoms with E-state index in [0.717, 1.165) is 27.5 Å². The normalized spacial score (nSPS) is 12.5. The highest BCUT2D eigenvalue weighted by Crippen LogP contribution is 2.21. The van der Waals surface area contributed by atoms with Crippen LogP contribution >= 0.6 is 0 Å². The summed E-state index contributed by atoms with van der Waals surface area (Å²) >= 11 is 0. The van der Waals surface area contributed by atoms with Crippen molar-refractivity contribution in [2.45, 2.75) is 31.5 Å². The lowest BCUT2D eigenvalue weighted by atomic mass is 9.98. The van der Waals surface area contributed by atoms with Crippen molar-refractivity contribution in [3.05, 3.63) is 119 Å². The lowest BCUT2D eigenvalue weighted by molar-refractivity contribution is -0.141. The summed E-state index contributed by atoms with van der Waals surface area (Å²) in [7, 11) is 3.19. The first-order chi connectivity index (χ1) is 18.8. The van der Waals surface area contributed by atoms with Gasteiger partial charge in [-0.25, -0.2) is 0 Å². The van der Waals surface area contributed by atoms with Crippen molar-refractivity contribution in [2.75, 3.05) is 14.1 Å². The number of benzene rings is 4. The van der Waals surface area contributed by atoms with Gasteiger partial charge in [0.15, 0.2) is 0 Å². The predicted molar refractivity (Wildman–Crippen MR) is 154 cm³/mol. The number of nitrogens with zero attached hydrogens (tertiary/aromatic N) is 2. The molecule has 0 fully saturated rings. The summed E-state index contributed by atoms with van der Waals surface area (Å²) in [5.41, 5.74) is 14.6. The second-order valence-corrected chi connectivity index (χ2v) is 9.78. The van der Waals surface area contributed by atoms with E-state index in [-0.39, 0.29) is 24.7 Å². The summed E-state index contributed by atoms with van der Waals surface area (Å²) < 4.78 is 0. The van der Waals surface area contributed by atoms with Crippen LogP contribution in [0.25, 0.3) is 10.8 Å². The zero-order valence-corrected chi connectivity index (χ0v) is 22.3. The average Bonchev–Trinajstić information content (AvgIpc) is 2.97. The third-order valence-electron chi connectivity index (χ3n) is 7.14. The maximum absolute atomic E-state index is 14.1. The number of carbonyl (C=O) groups excluding carboxylic acids is 3. The zero-order chi connectivity index (χ0) is 27.9. The van der Waals surface area contributed by atoms with Crippen LogP contribution in [0.2, 0.25) is 0 Å². The lowest BCUT2D eigenvalue weighted by Crippen LogP contribution is -2.55. The van der Waals surface area contributed by atoms with Gasteiger partial charge in [-0.05, 0) is 39.6 Å². The number of likely N-dealkylation sites (N-methyl/N-ethyl adjacent to an activating group) is 2. The lowest BCUT2D eigenvalue weighted by Gasteiger charge is -2.34. The van der Waals surface area contributed by atoms with Crippen LogP contribution in [0.1, 0.15) is 27.0 Å². The minimum atomic E-state index is -0.872. The van der Waals surface area contributed by atoms with Crippen LogP contribution in [-0.2, 0) is 29.0 Å². The molecule has 4 rings (SSSR count). The van der Waals surface area contributed by atoms with Gasteiger partial charge in [-0.3, -0.25) is 14.4 Å². The van der Waals surface area contributed by atoms with E-state index in [2.05, 4.69) is 0 Å². The Hall–Kier alpha value is -4.49. The standard InChI is InChI=1S/C32H34N4O3/c1-35(28(30(34)37)19-22-9-4-3-5-10-22)32(39)29(20-23-15-16-25-12-6-7-13-26(25)17-23)36(2)31(38)27-14-8-11-24(18-27)21-33/h3-18,28-29H,19-21,33H2,1-2H3,(H2,34,37)/t28-,29-/m1/s1. The van der Waals surface area contributed by atoms with E-state index in [1.807, 2.05) is 78.9 Å². The largest absolute Gasteiger partial charge is 0.368 e. The van der Waals surface area contributed by atoms with Crippen LogP contribution in [0.3, 0.4) is 0 Å². The smallest absolute Gasteiger partial charge is 0.254 e. The SMILES string of the molecule is CN(C(=O)c1cccc(CN)c1)[C@H](Cc1ccc2ccccc2c1)C(=O)N(C)[C@H](Cc1ccccc1)C(N)=O. The third-order valence-corrected chi connectivity index (χ3v) is 7.14. The van der Waals surface area contributed by atoms with E-state index in [0.29, 0.717) is 12.1 Å². The van der Waals surface area contributed by atoms with Gasteiger partial charge in [0.25, 0.3) is 5.91 Å². The van der Waals surface area contributed by atoms with Gasteiger partial charge in [-0.15, -0.1) is 0 Å². The summed E-state index contributed by atoms with van der Waals surface area (Å²) in [5.74, 6) is -1.28. The van der Waals surface area contributed by atoms with E-state index in [1.165, 1.54) is 9.80 Å². The Labute approximate surface area is 229 Å². The van der Waals surface area contributed by atoms with Gasteiger partial charge in [0.05, 0.1) is 0 Å². The van der Waals surface area contributed by atoms with E-state index < -0.39 is 18.0 Å². The molecule has 3 amide bonds. The minimum absolute atomic E-state index is 0.268. The van der Waals surface area contributed by atoms with Gasteiger partial charge >= 0.3 is 0 Å². The van der Waals surface area contributed by atoms with E-state index >= 15 is 0 Å². The van der Waals surface area contributed by atoms with E-state index in [4.69, 9.17) is 11.5 Å². The second-order valence-electron chi connectivity index (χ2n) is 9.78. The molecule has 39 heavy (non-hydrogen) atoms. The van der Waals surface area contributed by atoms with Crippen LogP contribution in [0.4, 0.5) is 0 Å². The maximum Gasteiger partial charge on any atom is 0.254 e. The number of amides is 3. The van der Waals surface area contributed by atoms with Crippen molar-refractivity contribution in [3.63, 3.8) is 0 Å². The molecule has 0 saturated carbocycles. The fourth-order valence-electron chi connectivity index (χ4n) is 4.81. The monoisotopic (exact) mass is 522 g/mol. The molecule has 4 aromatic carbocycles. The van der Waals surface area contributed by atoms with Crippen molar-refractivity contribution in [3.8, 4) is 0 Å². The van der Waals surface area contributed by atoms with E-state index in [1.54, 1.807) is 32.3 Å². The second kappa shape index (κ2) is 12.4. The third kappa shape index (κ3) is 6.51. The van der Waals surface area contributed by atoms with Gasteiger partial charge < -0.3 is 21.3 Å². The zero-order valence-electron chi connectivity index (χ0n) is 22.3. The maximum atomic E-state index is 14.1. The number of fused-ring (bicyclic) bond motifs is 1. The molecule has 0 radical (unpaired) electrons. The molecular weight excluding hydrogens is 488 g/mol. The van der Waals surface area contributed by atoms with Gasteiger partial charge in [0.1, 0.15) is 12.1 Å². The van der Waals surface area contributed by atoms with Crippen LogP contribution in [0.5, 0.6) is 0 Å². The Morgan fingerprint density at radius 3 is 2.00 bits per heavy atom. The summed E-state index contributed by atoms with van der Waals surface area (Å²) in [5, 5.41) is 2.12. The van der Waals surface area contributed by atoms with Crippen molar-refractivity contribution >= 4 is 28.5 Å². The topological polar surface area (TPSA) is 110 Å². The Morgan fingerprint density at radius 2 is 1.31 bits per heavy atom. The highest BCUT2D eigenvalue weighted by atomic mass is 16.2. The fourth-order valence-corrected chi connectivity index (χ4v) is 4.81. The average molecular weight is 523 g/mol. The number of hydrogen-bond acceptors (Lipinski definition) is 4. The first kappa shape index (κ1) is 27.5. The fraction of sp³-hybridized carbons (Fsp3) is 0.219. The summed E-state index contributed by atoms with van der Waals surface area (Å²) in [6.07, 6.45) is 0.543. The first-order valence-corrected chi connectivity index (χ1v) is 12.9. The number of rotatable bonds is 10. The molecule has 4 N–H and O–H groups in total. The van der Waals surface area contributed by atoms with Crippen molar-refractivity contribution in [1.29, 1.82) is 0 Å². The minimum Gasteiger partial charge on any atom is -0.368 e. The predicted octanol–water partition coefficient (Wildman–Crippen LogP) is 3.54. The molecule has 0 aliphatic rings. The molecular formula is C32H34N4O3. The van der Waals surface area contributed by atoms with Gasteiger partial charge in [0.2, 0.25) is 11.8 Å². The molecule has 2 atom stereocenters. The number of nitrogens with two attached hydrogens (primary N) is 2. The van der Waals surface area contributed by atoms with Crippen LogP contribution < -0.4 is 11.5 Å². The number of carbonyl (C=O) groups is 3.